The van der Waals surface area contributed by atoms with E-state index in [0.717, 1.165) is 4.88 Å². The topological polar surface area (TPSA) is 59.8 Å². The first-order valence-corrected chi connectivity index (χ1v) is 6.98. The highest BCUT2D eigenvalue weighted by Gasteiger charge is 2.10. The second kappa shape index (κ2) is 5.66. The van der Waals surface area contributed by atoms with Crippen LogP contribution in [0.3, 0.4) is 0 Å². The lowest BCUT2D eigenvalue weighted by atomic mass is 10.3. The standard InChI is InChI=1S/C14H12N4OS/c19-13(10-11-4-2-9-20-11)17-12-5-1-6-15-14(12)18-8-3-7-16-18/h1-9H,10H2,(H,17,19). The Labute approximate surface area is 119 Å². The molecule has 3 aromatic heterocycles. The van der Waals surface area contributed by atoms with E-state index in [-0.39, 0.29) is 5.91 Å². The number of pyridine rings is 1. The molecule has 0 aliphatic heterocycles. The number of carbonyl (C=O) groups excluding carboxylic acids is 1. The molecule has 3 heterocycles. The van der Waals surface area contributed by atoms with Gasteiger partial charge in [-0.1, -0.05) is 6.07 Å². The minimum atomic E-state index is -0.0612. The Morgan fingerprint density at radius 1 is 1.25 bits per heavy atom. The van der Waals surface area contributed by atoms with Crippen molar-refractivity contribution in [2.75, 3.05) is 5.32 Å². The molecule has 3 aromatic rings. The van der Waals surface area contributed by atoms with Crippen molar-refractivity contribution >= 4 is 22.9 Å². The lowest BCUT2D eigenvalue weighted by Crippen LogP contribution is -2.16. The summed E-state index contributed by atoms with van der Waals surface area (Å²) in [6, 6.07) is 9.30. The van der Waals surface area contributed by atoms with E-state index in [1.165, 1.54) is 0 Å². The van der Waals surface area contributed by atoms with Gasteiger partial charge in [0.2, 0.25) is 5.91 Å². The van der Waals surface area contributed by atoms with Gasteiger partial charge in [-0.25, -0.2) is 9.67 Å². The van der Waals surface area contributed by atoms with Crippen LogP contribution in [0.2, 0.25) is 0 Å². The van der Waals surface area contributed by atoms with Crippen molar-refractivity contribution in [1.82, 2.24) is 14.8 Å². The Morgan fingerprint density at radius 2 is 2.20 bits per heavy atom. The SMILES string of the molecule is O=C(Cc1cccs1)Nc1cccnc1-n1cccn1. The maximum Gasteiger partial charge on any atom is 0.229 e. The fourth-order valence-electron chi connectivity index (χ4n) is 1.84. The Kier molecular flexibility index (Phi) is 3.56. The third-order valence-electron chi connectivity index (χ3n) is 2.70. The maximum atomic E-state index is 12.0. The highest BCUT2D eigenvalue weighted by molar-refractivity contribution is 7.10. The molecule has 6 heteroatoms. The Hall–Kier alpha value is -2.47. The van der Waals surface area contributed by atoms with Gasteiger partial charge in [0, 0.05) is 23.5 Å². The molecule has 0 radical (unpaired) electrons. The first-order chi connectivity index (χ1) is 9.83. The summed E-state index contributed by atoms with van der Waals surface area (Å²) in [6.07, 6.45) is 5.50. The molecule has 0 fully saturated rings. The van der Waals surface area contributed by atoms with Crippen LogP contribution in [0.5, 0.6) is 0 Å². The number of nitrogens with zero attached hydrogens (tertiary/aromatic N) is 3. The summed E-state index contributed by atoms with van der Waals surface area (Å²) in [5, 5.41) is 8.98. The number of nitrogens with one attached hydrogen (secondary N) is 1. The molecule has 0 atom stereocenters. The molecule has 1 amide bonds. The van der Waals surface area contributed by atoms with Gasteiger partial charge in [0.15, 0.2) is 5.82 Å². The smallest absolute Gasteiger partial charge is 0.229 e. The van der Waals surface area contributed by atoms with Crippen LogP contribution in [-0.2, 0) is 11.2 Å². The van der Waals surface area contributed by atoms with E-state index in [9.17, 15) is 4.79 Å². The number of carbonyl (C=O) groups is 1. The number of anilines is 1. The zero-order valence-corrected chi connectivity index (χ0v) is 11.4. The van der Waals surface area contributed by atoms with Gasteiger partial charge in [0.25, 0.3) is 0 Å². The lowest BCUT2D eigenvalue weighted by molar-refractivity contribution is -0.115. The van der Waals surface area contributed by atoms with Crippen molar-refractivity contribution in [3.8, 4) is 5.82 Å². The normalized spacial score (nSPS) is 10.4. The van der Waals surface area contributed by atoms with Gasteiger partial charge in [0.1, 0.15) is 0 Å². The summed E-state index contributed by atoms with van der Waals surface area (Å²) in [5.41, 5.74) is 0.651. The lowest BCUT2D eigenvalue weighted by Gasteiger charge is -2.09. The van der Waals surface area contributed by atoms with E-state index in [1.807, 2.05) is 29.6 Å². The van der Waals surface area contributed by atoms with Crippen LogP contribution < -0.4 is 5.32 Å². The molecule has 0 saturated heterocycles. The van der Waals surface area contributed by atoms with Gasteiger partial charge >= 0.3 is 0 Å². The average molecular weight is 284 g/mol. The summed E-state index contributed by atoms with van der Waals surface area (Å²) < 4.78 is 1.63. The van der Waals surface area contributed by atoms with Crippen molar-refractivity contribution in [2.45, 2.75) is 6.42 Å². The third kappa shape index (κ3) is 2.75. The van der Waals surface area contributed by atoms with Crippen LogP contribution >= 0.6 is 11.3 Å². The van der Waals surface area contributed by atoms with E-state index in [4.69, 9.17) is 0 Å². The van der Waals surface area contributed by atoms with Crippen molar-refractivity contribution < 1.29 is 4.79 Å². The number of amides is 1. The molecule has 5 nitrogen and oxygen atoms in total. The van der Waals surface area contributed by atoms with E-state index >= 15 is 0 Å². The van der Waals surface area contributed by atoms with Crippen LogP contribution in [0.4, 0.5) is 5.69 Å². The van der Waals surface area contributed by atoms with E-state index in [2.05, 4.69) is 15.4 Å². The summed E-state index contributed by atoms with van der Waals surface area (Å²) in [5.74, 6) is 0.547. The Morgan fingerprint density at radius 3 is 2.95 bits per heavy atom. The summed E-state index contributed by atoms with van der Waals surface area (Å²) in [4.78, 5) is 17.3. The number of hydrogen-bond acceptors (Lipinski definition) is 4. The minimum Gasteiger partial charge on any atom is -0.323 e. The number of hydrogen-bond donors (Lipinski definition) is 1. The average Bonchev–Trinajstić information content (AvgIpc) is 3.11. The predicted molar refractivity (Wildman–Crippen MR) is 78.0 cm³/mol. The molecule has 0 spiro atoms. The molecule has 0 aliphatic rings. The molecule has 0 aliphatic carbocycles. The van der Waals surface area contributed by atoms with Crippen LogP contribution in [0, 0.1) is 0 Å². The fourth-order valence-corrected chi connectivity index (χ4v) is 2.54. The Balaban J connectivity index is 1.79. The molecule has 3 rings (SSSR count). The van der Waals surface area contributed by atoms with Crippen LogP contribution in [0.25, 0.3) is 5.82 Å². The van der Waals surface area contributed by atoms with Crippen molar-refractivity contribution in [2.24, 2.45) is 0 Å². The van der Waals surface area contributed by atoms with Crippen molar-refractivity contribution in [3.05, 3.63) is 59.2 Å². The zero-order chi connectivity index (χ0) is 13.8. The number of thiophene rings is 1. The van der Waals surface area contributed by atoms with Gasteiger partial charge in [0.05, 0.1) is 12.1 Å². The molecule has 0 bridgehead atoms. The van der Waals surface area contributed by atoms with Gasteiger partial charge in [-0.3, -0.25) is 4.79 Å². The van der Waals surface area contributed by atoms with E-state index in [1.54, 1.807) is 40.7 Å². The van der Waals surface area contributed by atoms with Gasteiger partial charge < -0.3 is 5.32 Å². The third-order valence-corrected chi connectivity index (χ3v) is 3.57. The molecule has 100 valence electrons. The van der Waals surface area contributed by atoms with E-state index in [0.29, 0.717) is 17.9 Å². The summed E-state index contributed by atoms with van der Waals surface area (Å²) in [6.45, 7) is 0. The van der Waals surface area contributed by atoms with Crippen LogP contribution in [0.15, 0.2) is 54.3 Å². The molecule has 1 N–H and O–H groups in total. The predicted octanol–water partition coefficient (Wildman–Crippen LogP) is 2.51. The second-order valence-electron chi connectivity index (χ2n) is 4.13. The number of rotatable bonds is 4. The van der Waals surface area contributed by atoms with Gasteiger partial charge in [-0.2, -0.15) is 5.10 Å². The fraction of sp³-hybridized carbons (Fsp3) is 0.0714. The molecule has 0 unspecified atom stereocenters. The first kappa shape index (κ1) is 12.6. The van der Waals surface area contributed by atoms with Gasteiger partial charge in [-0.05, 0) is 29.6 Å². The quantitative estimate of drug-likeness (QED) is 0.800. The summed E-state index contributed by atoms with van der Waals surface area (Å²) >= 11 is 1.57. The van der Waals surface area contributed by atoms with Gasteiger partial charge in [-0.15, -0.1) is 11.3 Å². The van der Waals surface area contributed by atoms with Crippen LogP contribution in [0.1, 0.15) is 4.88 Å². The highest BCUT2D eigenvalue weighted by atomic mass is 32.1. The summed E-state index contributed by atoms with van der Waals surface area (Å²) in [7, 11) is 0. The molecular weight excluding hydrogens is 272 g/mol. The number of aromatic nitrogens is 3. The van der Waals surface area contributed by atoms with Crippen LogP contribution in [-0.4, -0.2) is 20.7 Å². The molecular formula is C14H12N4OS. The molecule has 0 saturated carbocycles. The zero-order valence-electron chi connectivity index (χ0n) is 10.6. The monoisotopic (exact) mass is 284 g/mol. The minimum absolute atomic E-state index is 0.0612. The molecule has 20 heavy (non-hydrogen) atoms. The first-order valence-electron chi connectivity index (χ1n) is 6.10. The van der Waals surface area contributed by atoms with Crippen molar-refractivity contribution in [1.29, 1.82) is 0 Å². The Bertz CT molecular complexity index is 692. The van der Waals surface area contributed by atoms with Crippen molar-refractivity contribution in [3.63, 3.8) is 0 Å². The second-order valence-corrected chi connectivity index (χ2v) is 5.16. The largest absolute Gasteiger partial charge is 0.323 e. The van der Waals surface area contributed by atoms with E-state index < -0.39 is 0 Å². The maximum absolute atomic E-state index is 12.0. The molecule has 0 aromatic carbocycles. The highest BCUT2D eigenvalue weighted by Crippen LogP contribution is 2.17.